The molecule has 2 aromatic carbocycles. The lowest BCUT2D eigenvalue weighted by Crippen LogP contribution is -1.96. The topological polar surface area (TPSA) is 37.8 Å². The molecule has 3 nitrogen and oxygen atoms in total. The van der Waals surface area contributed by atoms with Gasteiger partial charge in [0, 0.05) is 10.9 Å². The summed E-state index contributed by atoms with van der Waals surface area (Å²) in [5, 5.41) is 7.36. The van der Waals surface area contributed by atoms with Crippen molar-refractivity contribution in [2.75, 3.05) is 5.32 Å². The molecular formula is C19H13Cl2N3S. The Bertz CT molecular complexity index is 1060. The molecule has 4 rings (SSSR count). The first-order valence-electron chi connectivity index (χ1n) is 7.64. The van der Waals surface area contributed by atoms with E-state index in [1.807, 2.05) is 12.1 Å². The molecule has 2 heterocycles. The second-order valence-electron chi connectivity index (χ2n) is 5.64. The van der Waals surface area contributed by atoms with Gasteiger partial charge in [-0.1, -0.05) is 59.1 Å². The van der Waals surface area contributed by atoms with E-state index in [0.717, 1.165) is 27.0 Å². The minimum atomic E-state index is 0.475. The normalized spacial score (nSPS) is 11.0. The Morgan fingerprint density at radius 1 is 1.00 bits per heavy atom. The van der Waals surface area contributed by atoms with Crippen LogP contribution in [0.4, 0.5) is 11.5 Å². The van der Waals surface area contributed by atoms with Gasteiger partial charge < -0.3 is 5.32 Å². The molecule has 4 aromatic rings. The number of anilines is 2. The van der Waals surface area contributed by atoms with Crippen molar-refractivity contribution in [1.82, 2.24) is 9.97 Å². The molecule has 2 aromatic heterocycles. The fourth-order valence-electron chi connectivity index (χ4n) is 2.64. The van der Waals surface area contributed by atoms with E-state index in [4.69, 9.17) is 23.2 Å². The average molecular weight is 386 g/mol. The SMILES string of the molecule is Cc1ccc(-c2csc3ncnc(Nc4cccc(Cl)c4Cl)c23)cc1. The number of benzene rings is 2. The molecule has 0 radical (unpaired) electrons. The number of hydrogen-bond donors (Lipinski definition) is 1. The molecule has 0 unspecified atom stereocenters. The Hall–Kier alpha value is -2.14. The van der Waals surface area contributed by atoms with Crippen LogP contribution in [0.3, 0.4) is 0 Å². The summed E-state index contributed by atoms with van der Waals surface area (Å²) in [7, 11) is 0. The average Bonchev–Trinajstić information content (AvgIpc) is 3.05. The molecule has 0 aliphatic heterocycles. The van der Waals surface area contributed by atoms with Crippen LogP contribution in [0.15, 0.2) is 54.2 Å². The number of aryl methyl sites for hydroxylation is 1. The summed E-state index contributed by atoms with van der Waals surface area (Å²) in [5.41, 5.74) is 4.17. The molecule has 6 heteroatoms. The number of nitrogens with one attached hydrogen (secondary N) is 1. The molecule has 0 aliphatic carbocycles. The third-order valence-electron chi connectivity index (χ3n) is 3.94. The van der Waals surface area contributed by atoms with E-state index in [2.05, 4.69) is 51.9 Å². The zero-order valence-electron chi connectivity index (χ0n) is 13.3. The second-order valence-corrected chi connectivity index (χ2v) is 7.29. The van der Waals surface area contributed by atoms with Gasteiger partial charge in [-0.3, -0.25) is 0 Å². The van der Waals surface area contributed by atoms with Crippen LogP contribution in [0.25, 0.3) is 21.3 Å². The van der Waals surface area contributed by atoms with Crippen LogP contribution < -0.4 is 5.32 Å². The van der Waals surface area contributed by atoms with Crippen LogP contribution in [0.1, 0.15) is 5.56 Å². The maximum atomic E-state index is 6.31. The van der Waals surface area contributed by atoms with Crippen molar-refractivity contribution in [1.29, 1.82) is 0 Å². The van der Waals surface area contributed by atoms with Crippen molar-refractivity contribution in [3.05, 3.63) is 69.8 Å². The standard InChI is InChI=1S/C19H13Cl2N3S/c1-11-5-7-12(8-6-11)13-9-25-19-16(13)18(22-10-23-19)24-15-4-2-3-14(20)17(15)21/h2-10H,1H3,(H,22,23,24). The Balaban J connectivity index is 1.86. The first kappa shape index (κ1) is 16.3. The minimum absolute atomic E-state index is 0.475. The zero-order chi connectivity index (χ0) is 17.4. The largest absolute Gasteiger partial charge is 0.338 e. The lowest BCUT2D eigenvalue weighted by Gasteiger charge is -2.10. The molecule has 0 spiro atoms. The van der Waals surface area contributed by atoms with Gasteiger partial charge >= 0.3 is 0 Å². The van der Waals surface area contributed by atoms with Crippen LogP contribution in [0.2, 0.25) is 10.0 Å². The third-order valence-corrected chi connectivity index (χ3v) is 5.64. The summed E-state index contributed by atoms with van der Waals surface area (Å²) >= 11 is 14.0. The molecule has 25 heavy (non-hydrogen) atoms. The monoisotopic (exact) mass is 385 g/mol. The van der Waals surface area contributed by atoms with Gasteiger partial charge in [0.1, 0.15) is 17.0 Å². The fourth-order valence-corrected chi connectivity index (χ4v) is 3.91. The quantitative estimate of drug-likeness (QED) is 0.425. The molecule has 0 bridgehead atoms. The number of rotatable bonds is 3. The van der Waals surface area contributed by atoms with E-state index >= 15 is 0 Å². The van der Waals surface area contributed by atoms with Crippen molar-refractivity contribution in [3.63, 3.8) is 0 Å². The number of hydrogen-bond acceptors (Lipinski definition) is 4. The smallest absolute Gasteiger partial charge is 0.143 e. The zero-order valence-corrected chi connectivity index (χ0v) is 15.6. The van der Waals surface area contributed by atoms with E-state index in [1.165, 1.54) is 5.56 Å². The Kier molecular flexibility index (Phi) is 4.34. The van der Waals surface area contributed by atoms with Gasteiger partial charge in [0.15, 0.2) is 0 Å². The van der Waals surface area contributed by atoms with E-state index < -0.39 is 0 Å². The highest BCUT2D eigenvalue weighted by Gasteiger charge is 2.14. The number of thiophene rings is 1. The maximum absolute atomic E-state index is 6.31. The summed E-state index contributed by atoms with van der Waals surface area (Å²) in [6.07, 6.45) is 1.55. The molecule has 0 saturated heterocycles. The highest BCUT2D eigenvalue weighted by molar-refractivity contribution is 7.17. The second kappa shape index (κ2) is 6.64. The lowest BCUT2D eigenvalue weighted by molar-refractivity contribution is 1.23. The first-order valence-corrected chi connectivity index (χ1v) is 9.27. The molecule has 0 aliphatic rings. The van der Waals surface area contributed by atoms with E-state index in [-0.39, 0.29) is 0 Å². The van der Waals surface area contributed by atoms with Gasteiger partial charge in [-0.25, -0.2) is 9.97 Å². The molecule has 0 atom stereocenters. The van der Waals surface area contributed by atoms with Gasteiger partial charge in [-0.2, -0.15) is 0 Å². The number of nitrogens with zero attached hydrogens (tertiary/aromatic N) is 2. The van der Waals surface area contributed by atoms with Crippen molar-refractivity contribution < 1.29 is 0 Å². The molecule has 0 fully saturated rings. The predicted octanol–water partition coefficient (Wildman–Crippen LogP) is 6.72. The van der Waals surface area contributed by atoms with Crippen LogP contribution >= 0.6 is 34.5 Å². The van der Waals surface area contributed by atoms with Gasteiger partial charge in [0.05, 0.1) is 21.1 Å². The number of halogens is 2. The number of aromatic nitrogens is 2. The van der Waals surface area contributed by atoms with Gasteiger partial charge in [0.25, 0.3) is 0 Å². The summed E-state index contributed by atoms with van der Waals surface area (Å²) in [4.78, 5) is 9.75. The van der Waals surface area contributed by atoms with Crippen LogP contribution in [0, 0.1) is 6.92 Å². The van der Waals surface area contributed by atoms with Gasteiger partial charge in [-0.15, -0.1) is 11.3 Å². The third kappa shape index (κ3) is 3.09. The Labute approximate surface area is 159 Å². The van der Waals surface area contributed by atoms with E-state index in [0.29, 0.717) is 15.9 Å². The molecular weight excluding hydrogens is 373 g/mol. The maximum Gasteiger partial charge on any atom is 0.143 e. The minimum Gasteiger partial charge on any atom is -0.338 e. The van der Waals surface area contributed by atoms with Crippen molar-refractivity contribution >= 4 is 56.3 Å². The van der Waals surface area contributed by atoms with Crippen molar-refractivity contribution in [2.45, 2.75) is 6.92 Å². The predicted molar refractivity (Wildman–Crippen MR) is 107 cm³/mol. The highest BCUT2D eigenvalue weighted by atomic mass is 35.5. The lowest BCUT2D eigenvalue weighted by atomic mass is 10.0. The van der Waals surface area contributed by atoms with Crippen molar-refractivity contribution in [3.8, 4) is 11.1 Å². The molecule has 0 amide bonds. The van der Waals surface area contributed by atoms with Crippen LogP contribution in [-0.4, -0.2) is 9.97 Å². The summed E-state index contributed by atoms with van der Waals surface area (Å²) in [6.45, 7) is 2.08. The van der Waals surface area contributed by atoms with E-state index in [1.54, 1.807) is 23.7 Å². The molecule has 1 N–H and O–H groups in total. The Morgan fingerprint density at radius 2 is 1.80 bits per heavy atom. The van der Waals surface area contributed by atoms with E-state index in [9.17, 15) is 0 Å². The summed E-state index contributed by atoms with van der Waals surface area (Å²) < 4.78 is 0. The van der Waals surface area contributed by atoms with Gasteiger partial charge in [-0.05, 0) is 24.6 Å². The molecule has 0 saturated carbocycles. The summed E-state index contributed by atoms with van der Waals surface area (Å²) in [6, 6.07) is 13.9. The molecule has 124 valence electrons. The summed E-state index contributed by atoms with van der Waals surface area (Å²) in [5.74, 6) is 0.714. The highest BCUT2D eigenvalue weighted by Crippen LogP contribution is 2.39. The fraction of sp³-hybridized carbons (Fsp3) is 0.0526. The van der Waals surface area contributed by atoms with Crippen LogP contribution in [-0.2, 0) is 0 Å². The van der Waals surface area contributed by atoms with Crippen LogP contribution in [0.5, 0.6) is 0 Å². The Morgan fingerprint density at radius 3 is 2.60 bits per heavy atom. The van der Waals surface area contributed by atoms with Gasteiger partial charge in [0.2, 0.25) is 0 Å². The van der Waals surface area contributed by atoms with Crippen molar-refractivity contribution in [2.24, 2.45) is 0 Å². The number of fused-ring (bicyclic) bond motifs is 1. The first-order chi connectivity index (χ1) is 12.1.